The second-order valence-electron chi connectivity index (χ2n) is 5.19. The van der Waals surface area contributed by atoms with Crippen LogP contribution in [-0.4, -0.2) is 12.1 Å². The molecule has 1 aromatic rings. The second kappa shape index (κ2) is 4.10. The van der Waals surface area contributed by atoms with E-state index in [0.717, 1.165) is 18.7 Å². The summed E-state index contributed by atoms with van der Waals surface area (Å²) in [6, 6.07) is 6.96. The molecule has 2 heteroatoms. The van der Waals surface area contributed by atoms with Gasteiger partial charge < -0.3 is 10.1 Å². The van der Waals surface area contributed by atoms with E-state index in [2.05, 4.69) is 51.2 Å². The lowest BCUT2D eigenvalue weighted by Crippen LogP contribution is -2.24. The van der Waals surface area contributed by atoms with Crippen molar-refractivity contribution in [2.45, 2.75) is 45.8 Å². The van der Waals surface area contributed by atoms with Gasteiger partial charge in [0.2, 0.25) is 0 Å². The fourth-order valence-corrected chi connectivity index (χ4v) is 2.32. The SMILES string of the molecule is CCNC(C)c1ccc2c(c1)CC(C)(C)O2. The van der Waals surface area contributed by atoms with Gasteiger partial charge in [0.15, 0.2) is 0 Å². The molecule has 1 aromatic carbocycles. The van der Waals surface area contributed by atoms with Crippen LogP contribution in [0.25, 0.3) is 0 Å². The van der Waals surface area contributed by atoms with Crippen molar-refractivity contribution in [1.82, 2.24) is 5.32 Å². The Bertz CT molecular complexity index is 384. The maximum Gasteiger partial charge on any atom is 0.123 e. The molecule has 1 aliphatic heterocycles. The summed E-state index contributed by atoms with van der Waals surface area (Å²) >= 11 is 0. The average Bonchev–Trinajstić information content (AvgIpc) is 2.50. The molecular weight excluding hydrogens is 198 g/mol. The van der Waals surface area contributed by atoms with Crippen LogP contribution in [0.2, 0.25) is 0 Å². The minimum absolute atomic E-state index is 0.0393. The number of benzene rings is 1. The van der Waals surface area contributed by atoms with Crippen molar-refractivity contribution in [3.05, 3.63) is 29.3 Å². The quantitative estimate of drug-likeness (QED) is 0.843. The highest BCUT2D eigenvalue weighted by Gasteiger charge is 2.30. The van der Waals surface area contributed by atoms with Gasteiger partial charge in [-0.2, -0.15) is 0 Å². The van der Waals surface area contributed by atoms with Crippen molar-refractivity contribution >= 4 is 0 Å². The number of hydrogen-bond donors (Lipinski definition) is 1. The lowest BCUT2D eigenvalue weighted by Gasteiger charge is -2.16. The molecule has 0 aliphatic carbocycles. The van der Waals surface area contributed by atoms with Crippen LogP contribution in [0.4, 0.5) is 0 Å². The zero-order chi connectivity index (χ0) is 11.8. The lowest BCUT2D eigenvalue weighted by atomic mass is 9.98. The molecule has 2 nitrogen and oxygen atoms in total. The zero-order valence-electron chi connectivity index (χ0n) is 10.6. The summed E-state index contributed by atoms with van der Waals surface area (Å²) in [5.74, 6) is 1.05. The second-order valence-corrected chi connectivity index (χ2v) is 5.19. The summed E-state index contributed by atoms with van der Waals surface area (Å²) < 4.78 is 5.87. The van der Waals surface area contributed by atoms with Gasteiger partial charge >= 0.3 is 0 Å². The molecule has 2 rings (SSSR count). The summed E-state index contributed by atoms with van der Waals surface area (Å²) in [5.41, 5.74) is 2.65. The first-order valence-corrected chi connectivity index (χ1v) is 6.07. The Labute approximate surface area is 98.0 Å². The molecule has 0 radical (unpaired) electrons. The highest BCUT2D eigenvalue weighted by atomic mass is 16.5. The van der Waals surface area contributed by atoms with E-state index in [4.69, 9.17) is 4.74 Å². The zero-order valence-corrected chi connectivity index (χ0v) is 10.6. The molecule has 88 valence electrons. The van der Waals surface area contributed by atoms with Gasteiger partial charge in [-0.3, -0.25) is 0 Å². The predicted molar refractivity (Wildman–Crippen MR) is 66.9 cm³/mol. The van der Waals surface area contributed by atoms with Crippen LogP contribution >= 0.6 is 0 Å². The molecule has 0 saturated carbocycles. The highest BCUT2D eigenvalue weighted by Crippen LogP contribution is 2.36. The molecule has 1 aliphatic rings. The van der Waals surface area contributed by atoms with Crippen LogP contribution < -0.4 is 10.1 Å². The van der Waals surface area contributed by atoms with Gasteiger partial charge in [-0.25, -0.2) is 0 Å². The van der Waals surface area contributed by atoms with Crippen LogP contribution in [0, 0.1) is 0 Å². The largest absolute Gasteiger partial charge is 0.487 e. The summed E-state index contributed by atoms with van der Waals surface area (Å²) in [5, 5.41) is 3.43. The van der Waals surface area contributed by atoms with Gasteiger partial charge in [0.1, 0.15) is 11.4 Å². The van der Waals surface area contributed by atoms with Crippen LogP contribution in [0.5, 0.6) is 5.75 Å². The van der Waals surface area contributed by atoms with E-state index in [1.54, 1.807) is 0 Å². The summed E-state index contributed by atoms with van der Waals surface area (Å²) in [4.78, 5) is 0. The van der Waals surface area contributed by atoms with E-state index >= 15 is 0 Å². The normalized spacial score (nSPS) is 19.0. The van der Waals surface area contributed by atoms with Crippen molar-refractivity contribution in [3.8, 4) is 5.75 Å². The monoisotopic (exact) mass is 219 g/mol. The first kappa shape index (κ1) is 11.5. The van der Waals surface area contributed by atoms with E-state index in [1.807, 2.05) is 0 Å². The summed E-state index contributed by atoms with van der Waals surface area (Å²) in [6.45, 7) is 9.61. The lowest BCUT2D eigenvalue weighted by molar-refractivity contribution is 0.138. The van der Waals surface area contributed by atoms with Gasteiger partial charge in [-0.15, -0.1) is 0 Å². The molecule has 1 atom stereocenters. The van der Waals surface area contributed by atoms with E-state index in [0.29, 0.717) is 6.04 Å². The van der Waals surface area contributed by atoms with Crippen molar-refractivity contribution in [1.29, 1.82) is 0 Å². The number of ether oxygens (including phenoxy) is 1. The predicted octanol–water partition coefficient (Wildman–Crippen LogP) is 3.07. The van der Waals surface area contributed by atoms with Crippen LogP contribution in [0.1, 0.15) is 44.9 Å². The van der Waals surface area contributed by atoms with E-state index in [-0.39, 0.29) is 5.60 Å². The topological polar surface area (TPSA) is 21.3 Å². The Morgan fingerprint density at radius 1 is 1.44 bits per heavy atom. The van der Waals surface area contributed by atoms with Crippen LogP contribution in [0.3, 0.4) is 0 Å². The molecule has 1 unspecified atom stereocenters. The third-order valence-corrected chi connectivity index (χ3v) is 3.10. The van der Waals surface area contributed by atoms with Gasteiger partial charge in [0, 0.05) is 12.5 Å². The Hall–Kier alpha value is -1.02. The average molecular weight is 219 g/mol. The minimum Gasteiger partial charge on any atom is -0.487 e. The summed E-state index contributed by atoms with van der Waals surface area (Å²) in [6.07, 6.45) is 1.01. The Balaban J connectivity index is 2.22. The fraction of sp³-hybridized carbons (Fsp3) is 0.571. The first-order chi connectivity index (χ1) is 7.52. The Kier molecular flexibility index (Phi) is 2.94. The minimum atomic E-state index is -0.0393. The fourth-order valence-electron chi connectivity index (χ4n) is 2.32. The molecule has 0 amide bonds. The molecule has 16 heavy (non-hydrogen) atoms. The molecule has 1 N–H and O–H groups in total. The molecule has 0 fully saturated rings. The van der Waals surface area contributed by atoms with Crippen LogP contribution in [-0.2, 0) is 6.42 Å². The van der Waals surface area contributed by atoms with Gasteiger partial charge in [-0.05, 0) is 44.5 Å². The standard InChI is InChI=1S/C14H21NO/c1-5-15-10(2)11-6-7-13-12(8-11)9-14(3,4)16-13/h6-8,10,15H,5,9H2,1-4H3. The number of rotatable bonds is 3. The molecule has 0 spiro atoms. The number of fused-ring (bicyclic) bond motifs is 1. The molecule has 0 bridgehead atoms. The summed E-state index contributed by atoms with van der Waals surface area (Å²) in [7, 11) is 0. The van der Waals surface area contributed by atoms with E-state index < -0.39 is 0 Å². The van der Waals surface area contributed by atoms with E-state index in [9.17, 15) is 0 Å². The van der Waals surface area contributed by atoms with E-state index in [1.165, 1.54) is 11.1 Å². The van der Waals surface area contributed by atoms with Crippen molar-refractivity contribution in [3.63, 3.8) is 0 Å². The van der Waals surface area contributed by atoms with Gasteiger partial charge in [0.25, 0.3) is 0 Å². The third-order valence-electron chi connectivity index (χ3n) is 3.10. The van der Waals surface area contributed by atoms with Gasteiger partial charge in [-0.1, -0.05) is 19.1 Å². The van der Waals surface area contributed by atoms with Crippen molar-refractivity contribution in [2.75, 3.05) is 6.54 Å². The van der Waals surface area contributed by atoms with Crippen molar-refractivity contribution < 1.29 is 4.74 Å². The molecule has 0 saturated heterocycles. The van der Waals surface area contributed by atoms with Gasteiger partial charge in [0.05, 0.1) is 0 Å². The third kappa shape index (κ3) is 2.22. The first-order valence-electron chi connectivity index (χ1n) is 6.07. The highest BCUT2D eigenvalue weighted by molar-refractivity contribution is 5.42. The smallest absolute Gasteiger partial charge is 0.123 e. The Morgan fingerprint density at radius 3 is 2.88 bits per heavy atom. The maximum atomic E-state index is 5.87. The molecule has 1 heterocycles. The number of nitrogens with one attached hydrogen (secondary N) is 1. The van der Waals surface area contributed by atoms with Crippen LogP contribution in [0.15, 0.2) is 18.2 Å². The number of hydrogen-bond acceptors (Lipinski definition) is 2. The van der Waals surface area contributed by atoms with Crippen molar-refractivity contribution in [2.24, 2.45) is 0 Å². The molecular formula is C14H21NO. The maximum absolute atomic E-state index is 5.87. The Morgan fingerprint density at radius 2 is 2.19 bits per heavy atom. The molecule has 0 aromatic heterocycles.